The predicted molar refractivity (Wildman–Crippen MR) is 108 cm³/mol. The van der Waals surface area contributed by atoms with E-state index in [0.29, 0.717) is 19.2 Å². The summed E-state index contributed by atoms with van der Waals surface area (Å²) in [5.41, 5.74) is 0.918. The molecule has 29 heavy (non-hydrogen) atoms. The number of aromatic nitrogens is 2. The van der Waals surface area contributed by atoms with Gasteiger partial charge in [-0.05, 0) is 18.9 Å². The normalized spacial score (nSPS) is 30.0. The van der Waals surface area contributed by atoms with Gasteiger partial charge in [0.05, 0.1) is 24.9 Å². The first-order chi connectivity index (χ1) is 13.9. The van der Waals surface area contributed by atoms with Gasteiger partial charge in [-0.2, -0.15) is 0 Å². The Kier molecular flexibility index (Phi) is 5.92. The molecule has 1 amide bonds. The second-order valence-electron chi connectivity index (χ2n) is 9.29. The molecule has 4 unspecified atom stereocenters. The topological polar surface area (TPSA) is 94.6 Å². The van der Waals surface area contributed by atoms with Gasteiger partial charge in [-0.25, -0.2) is 14.8 Å². The molecule has 0 spiro atoms. The smallest absolute Gasteiger partial charge is 0.407 e. The minimum absolute atomic E-state index is 0.0530. The van der Waals surface area contributed by atoms with Crippen molar-refractivity contribution in [2.75, 3.05) is 18.5 Å². The molecule has 4 atom stereocenters. The van der Waals surface area contributed by atoms with Crippen LogP contribution in [0, 0.1) is 0 Å². The van der Waals surface area contributed by atoms with Crippen molar-refractivity contribution in [1.29, 1.82) is 0 Å². The van der Waals surface area contributed by atoms with Gasteiger partial charge in [0.1, 0.15) is 12.2 Å². The first-order valence-corrected chi connectivity index (χ1v) is 10.7. The fraction of sp³-hybridized carbons (Fsp3) is 0.762. The summed E-state index contributed by atoms with van der Waals surface area (Å²) in [5, 5.41) is 6.33. The van der Waals surface area contributed by atoms with E-state index in [1.807, 2.05) is 6.07 Å². The Morgan fingerprint density at radius 3 is 2.66 bits per heavy atom. The van der Waals surface area contributed by atoms with E-state index in [1.165, 1.54) is 6.42 Å². The summed E-state index contributed by atoms with van der Waals surface area (Å²) < 4.78 is 17.5. The third kappa shape index (κ3) is 4.80. The van der Waals surface area contributed by atoms with Crippen molar-refractivity contribution in [3.63, 3.8) is 0 Å². The molecule has 2 N–H and O–H groups in total. The van der Waals surface area contributed by atoms with Gasteiger partial charge in [0.25, 0.3) is 0 Å². The maximum absolute atomic E-state index is 12.3. The molecular formula is C21H32N4O4. The first kappa shape index (κ1) is 20.3. The summed E-state index contributed by atoms with van der Waals surface area (Å²) in [6.07, 6.45) is 6.17. The lowest BCUT2D eigenvalue weighted by molar-refractivity contribution is 0.00314. The molecule has 4 rings (SSSR count). The van der Waals surface area contributed by atoms with Crippen LogP contribution >= 0.6 is 0 Å². The number of hydrogen-bond donors (Lipinski definition) is 2. The number of nitrogens with one attached hydrogen (secondary N) is 2. The summed E-state index contributed by atoms with van der Waals surface area (Å²) in [6.45, 7) is 7.16. The molecule has 3 aliphatic rings. The Bertz CT molecular complexity index is 717. The average Bonchev–Trinajstić information content (AvgIpc) is 3.26. The van der Waals surface area contributed by atoms with Crippen molar-refractivity contribution in [3.8, 4) is 0 Å². The maximum atomic E-state index is 12.3. The largest absolute Gasteiger partial charge is 0.441 e. The van der Waals surface area contributed by atoms with Crippen LogP contribution in [0.4, 0.5) is 10.7 Å². The predicted octanol–water partition coefficient (Wildman–Crippen LogP) is 2.78. The van der Waals surface area contributed by atoms with E-state index in [4.69, 9.17) is 14.2 Å². The Hall–Kier alpha value is -1.93. The Morgan fingerprint density at radius 2 is 1.90 bits per heavy atom. The molecule has 2 saturated heterocycles. The van der Waals surface area contributed by atoms with Crippen molar-refractivity contribution < 1.29 is 19.0 Å². The monoisotopic (exact) mass is 404 g/mol. The van der Waals surface area contributed by atoms with Crippen molar-refractivity contribution in [3.05, 3.63) is 18.0 Å². The van der Waals surface area contributed by atoms with Gasteiger partial charge in [0.2, 0.25) is 5.95 Å². The highest BCUT2D eigenvalue weighted by Crippen LogP contribution is 2.31. The van der Waals surface area contributed by atoms with E-state index in [2.05, 4.69) is 41.4 Å². The SMILES string of the molecule is CC(C)(C)c1ccnc(NC2COC3C(OC(=O)NC4CCCCC4)COC23)n1. The van der Waals surface area contributed by atoms with Crippen LogP contribution in [0.3, 0.4) is 0 Å². The van der Waals surface area contributed by atoms with E-state index in [-0.39, 0.29) is 35.8 Å². The van der Waals surface area contributed by atoms with Crippen molar-refractivity contribution in [1.82, 2.24) is 15.3 Å². The molecule has 0 radical (unpaired) electrons. The zero-order chi connectivity index (χ0) is 20.4. The molecule has 0 aromatic carbocycles. The summed E-state index contributed by atoms with van der Waals surface area (Å²) >= 11 is 0. The molecule has 1 aromatic heterocycles. The maximum Gasteiger partial charge on any atom is 0.407 e. The highest BCUT2D eigenvalue weighted by atomic mass is 16.6. The number of carbonyl (C=O) groups is 1. The molecule has 8 heteroatoms. The Morgan fingerprint density at radius 1 is 1.14 bits per heavy atom. The van der Waals surface area contributed by atoms with Gasteiger partial charge in [0, 0.05) is 17.7 Å². The second-order valence-corrected chi connectivity index (χ2v) is 9.29. The highest BCUT2D eigenvalue weighted by Gasteiger charge is 2.49. The van der Waals surface area contributed by atoms with E-state index >= 15 is 0 Å². The first-order valence-electron chi connectivity index (χ1n) is 10.7. The van der Waals surface area contributed by atoms with Crippen LogP contribution in [0.2, 0.25) is 0 Å². The quantitative estimate of drug-likeness (QED) is 0.797. The van der Waals surface area contributed by atoms with Crippen LogP contribution in [-0.2, 0) is 19.6 Å². The second kappa shape index (κ2) is 8.44. The highest BCUT2D eigenvalue weighted by molar-refractivity contribution is 5.68. The van der Waals surface area contributed by atoms with Gasteiger partial charge in [-0.3, -0.25) is 0 Å². The molecule has 8 nitrogen and oxygen atoms in total. The van der Waals surface area contributed by atoms with Crippen LogP contribution in [0.1, 0.15) is 58.6 Å². The molecule has 1 saturated carbocycles. The number of ether oxygens (including phenoxy) is 3. The summed E-state index contributed by atoms with van der Waals surface area (Å²) in [4.78, 5) is 21.2. The Balaban J connectivity index is 1.31. The lowest BCUT2D eigenvalue weighted by atomic mass is 9.92. The van der Waals surface area contributed by atoms with E-state index in [1.54, 1.807) is 6.20 Å². The zero-order valence-electron chi connectivity index (χ0n) is 17.5. The third-order valence-corrected chi connectivity index (χ3v) is 5.93. The van der Waals surface area contributed by atoms with Crippen molar-refractivity contribution >= 4 is 12.0 Å². The average molecular weight is 405 g/mol. The van der Waals surface area contributed by atoms with Gasteiger partial charge in [0.15, 0.2) is 6.10 Å². The number of nitrogens with zero attached hydrogens (tertiary/aromatic N) is 2. The lowest BCUT2D eigenvalue weighted by Crippen LogP contribution is -2.42. The lowest BCUT2D eigenvalue weighted by Gasteiger charge is -2.24. The molecular weight excluding hydrogens is 372 g/mol. The van der Waals surface area contributed by atoms with E-state index < -0.39 is 6.10 Å². The number of fused-ring (bicyclic) bond motifs is 1. The molecule has 2 aliphatic heterocycles. The van der Waals surface area contributed by atoms with Gasteiger partial charge < -0.3 is 24.8 Å². The fourth-order valence-corrected chi connectivity index (χ4v) is 4.29. The minimum Gasteiger partial charge on any atom is -0.441 e. The standard InChI is InChI=1S/C21H32N4O4/c1-21(2,3)16-9-10-22-19(25-16)24-14-11-27-18-15(12-28-17(14)18)29-20(26)23-13-7-5-4-6-8-13/h9-10,13-15,17-18H,4-8,11-12H2,1-3H3,(H,23,26)(H,22,24,25). The number of amides is 1. The summed E-state index contributed by atoms with van der Waals surface area (Å²) in [6, 6.07) is 2.07. The number of hydrogen-bond acceptors (Lipinski definition) is 7. The number of carbonyl (C=O) groups excluding carboxylic acids is 1. The molecule has 0 bridgehead atoms. The zero-order valence-corrected chi connectivity index (χ0v) is 17.5. The van der Waals surface area contributed by atoms with Gasteiger partial charge in [-0.15, -0.1) is 0 Å². The summed E-state index contributed by atoms with van der Waals surface area (Å²) in [5.74, 6) is 0.565. The number of rotatable bonds is 4. The molecule has 3 fully saturated rings. The fourth-order valence-electron chi connectivity index (χ4n) is 4.29. The molecule has 3 heterocycles. The van der Waals surface area contributed by atoms with Crippen LogP contribution in [-0.4, -0.2) is 59.7 Å². The van der Waals surface area contributed by atoms with Gasteiger partial charge >= 0.3 is 6.09 Å². The molecule has 1 aliphatic carbocycles. The van der Waals surface area contributed by atoms with Crippen LogP contribution in [0.5, 0.6) is 0 Å². The van der Waals surface area contributed by atoms with Gasteiger partial charge in [-0.1, -0.05) is 40.0 Å². The number of alkyl carbamates (subject to hydrolysis) is 1. The third-order valence-electron chi connectivity index (χ3n) is 5.93. The van der Waals surface area contributed by atoms with Crippen LogP contribution in [0.25, 0.3) is 0 Å². The Labute approximate surface area is 172 Å². The molecule has 1 aromatic rings. The van der Waals surface area contributed by atoms with Crippen molar-refractivity contribution in [2.45, 2.75) is 88.7 Å². The van der Waals surface area contributed by atoms with Crippen molar-refractivity contribution in [2.24, 2.45) is 0 Å². The van der Waals surface area contributed by atoms with Crippen LogP contribution < -0.4 is 10.6 Å². The number of anilines is 1. The summed E-state index contributed by atoms with van der Waals surface area (Å²) in [7, 11) is 0. The minimum atomic E-state index is -0.391. The van der Waals surface area contributed by atoms with E-state index in [9.17, 15) is 4.79 Å². The van der Waals surface area contributed by atoms with Crippen LogP contribution in [0.15, 0.2) is 12.3 Å². The molecule has 160 valence electrons. The van der Waals surface area contributed by atoms with E-state index in [0.717, 1.165) is 31.4 Å².